The van der Waals surface area contributed by atoms with Gasteiger partial charge in [0.2, 0.25) is 0 Å². The van der Waals surface area contributed by atoms with Crippen LogP contribution in [0.25, 0.3) is 0 Å². The van der Waals surface area contributed by atoms with E-state index in [2.05, 4.69) is 0 Å². The van der Waals surface area contributed by atoms with Crippen molar-refractivity contribution >= 4 is 29.1 Å². The van der Waals surface area contributed by atoms with Gasteiger partial charge in [-0.2, -0.15) is 0 Å². The molecule has 2 rings (SSSR count). The lowest BCUT2D eigenvalue weighted by Gasteiger charge is -2.18. The van der Waals surface area contributed by atoms with Gasteiger partial charge in [-0.05, 0) is 42.3 Å². The molecule has 0 unspecified atom stereocenters. The van der Waals surface area contributed by atoms with Crippen LogP contribution in [-0.2, 0) is 6.54 Å². The SMILES string of the molecule is Cc1cc(C(=O)N(C)Cc2cccc(Cl)c2Cl)ccc1F. The maximum Gasteiger partial charge on any atom is 0.253 e. The number of amides is 1. The fraction of sp³-hybridized carbons (Fsp3) is 0.188. The first-order valence-electron chi connectivity index (χ1n) is 6.34. The van der Waals surface area contributed by atoms with Crippen LogP contribution in [0.1, 0.15) is 21.5 Å². The molecule has 110 valence electrons. The number of hydrogen-bond donors (Lipinski definition) is 0. The van der Waals surface area contributed by atoms with Gasteiger partial charge in [0.25, 0.3) is 5.91 Å². The molecule has 0 aliphatic rings. The lowest BCUT2D eigenvalue weighted by atomic mass is 10.1. The number of halogens is 3. The van der Waals surface area contributed by atoms with E-state index in [0.717, 1.165) is 5.56 Å². The number of carbonyl (C=O) groups is 1. The van der Waals surface area contributed by atoms with E-state index in [-0.39, 0.29) is 11.7 Å². The fourth-order valence-corrected chi connectivity index (χ4v) is 2.38. The molecule has 0 spiro atoms. The second kappa shape index (κ2) is 6.46. The molecule has 2 nitrogen and oxygen atoms in total. The number of benzene rings is 2. The van der Waals surface area contributed by atoms with Crippen LogP contribution in [0.15, 0.2) is 36.4 Å². The molecule has 0 saturated carbocycles. The quantitative estimate of drug-likeness (QED) is 0.800. The van der Waals surface area contributed by atoms with Gasteiger partial charge in [0.1, 0.15) is 5.82 Å². The van der Waals surface area contributed by atoms with Crippen molar-refractivity contribution < 1.29 is 9.18 Å². The number of hydrogen-bond acceptors (Lipinski definition) is 1. The van der Waals surface area contributed by atoms with Crippen LogP contribution in [0.2, 0.25) is 10.0 Å². The van der Waals surface area contributed by atoms with Crippen molar-refractivity contribution in [3.8, 4) is 0 Å². The summed E-state index contributed by atoms with van der Waals surface area (Å²) in [5.74, 6) is -0.527. The Morgan fingerprint density at radius 1 is 1.24 bits per heavy atom. The summed E-state index contributed by atoms with van der Waals surface area (Å²) in [6.07, 6.45) is 0. The number of rotatable bonds is 3. The smallest absolute Gasteiger partial charge is 0.253 e. The predicted molar refractivity (Wildman–Crippen MR) is 83.4 cm³/mol. The molecule has 0 aliphatic heterocycles. The minimum Gasteiger partial charge on any atom is -0.337 e. The molecule has 2 aromatic rings. The Morgan fingerprint density at radius 3 is 2.62 bits per heavy atom. The van der Waals surface area contributed by atoms with Gasteiger partial charge in [-0.1, -0.05) is 35.3 Å². The summed E-state index contributed by atoms with van der Waals surface area (Å²) in [5.41, 5.74) is 1.64. The summed E-state index contributed by atoms with van der Waals surface area (Å²) in [6.45, 7) is 1.95. The Labute approximate surface area is 133 Å². The second-order valence-electron chi connectivity index (χ2n) is 4.84. The fourth-order valence-electron chi connectivity index (χ4n) is 2.00. The van der Waals surface area contributed by atoms with Crippen LogP contribution in [0.3, 0.4) is 0 Å². The largest absolute Gasteiger partial charge is 0.337 e. The molecule has 0 atom stereocenters. The van der Waals surface area contributed by atoms with Gasteiger partial charge in [-0.3, -0.25) is 4.79 Å². The van der Waals surface area contributed by atoms with Crippen LogP contribution in [0.4, 0.5) is 4.39 Å². The Bertz CT molecular complexity index is 688. The van der Waals surface area contributed by atoms with E-state index < -0.39 is 0 Å². The summed E-state index contributed by atoms with van der Waals surface area (Å²) in [7, 11) is 1.66. The third-order valence-electron chi connectivity index (χ3n) is 3.19. The van der Waals surface area contributed by atoms with Crippen molar-refractivity contribution in [2.75, 3.05) is 7.05 Å². The topological polar surface area (TPSA) is 20.3 Å². The first-order valence-corrected chi connectivity index (χ1v) is 7.10. The van der Waals surface area contributed by atoms with E-state index in [0.29, 0.717) is 27.7 Å². The molecule has 21 heavy (non-hydrogen) atoms. The Kier molecular flexibility index (Phi) is 4.86. The van der Waals surface area contributed by atoms with Gasteiger partial charge in [-0.25, -0.2) is 4.39 Å². The second-order valence-corrected chi connectivity index (χ2v) is 5.62. The van der Waals surface area contributed by atoms with E-state index in [1.54, 1.807) is 26.1 Å². The molecule has 0 radical (unpaired) electrons. The average molecular weight is 326 g/mol. The van der Waals surface area contributed by atoms with Crippen LogP contribution >= 0.6 is 23.2 Å². The van der Waals surface area contributed by atoms with Gasteiger partial charge in [0, 0.05) is 19.2 Å². The maximum absolute atomic E-state index is 13.3. The van der Waals surface area contributed by atoms with E-state index in [9.17, 15) is 9.18 Å². The molecule has 0 heterocycles. The molecule has 0 aromatic heterocycles. The first kappa shape index (κ1) is 15.8. The number of aryl methyl sites for hydroxylation is 1. The van der Waals surface area contributed by atoms with E-state index in [4.69, 9.17) is 23.2 Å². The summed E-state index contributed by atoms with van der Waals surface area (Å²) in [4.78, 5) is 13.9. The summed E-state index contributed by atoms with van der Waals surface area (Å²) < 4.78 is 13.3. The molecular formula is C16H14Cl2FNO. The van der Waals surface area contributed by atoms with Crippen molar-refractivity contribution in [2.24, 2.45) is 0 Å². The molecule has 2 aromatic carbocycles. The highest BCUT2D eigenvalue weighted by atomic mass is 35.5. The first-order chi connectivity index (χ1) is 9.90. The van der Waals surface area contributed by atoms with Crippen molar-refractivity contribution in [2.45, 2.75) is 13.5 Å². The average Bonchev–Trinajstić information content (AvgIpc) is 2.46. The zero-order chi connectivity index (χ0) is 15.6. The monoisotopic (exact) mass is 325 g/mol. The minimum atomic E-state index is -0.327. The molecule has 5 heteroatoms. The predicted octanol–water partition coefficient (Wildman–Crippen LogP) is 4.71. The van der Waals surface area contributed by atoms with E-state index in [1.807, 2.05) is 6.07 Å². The third kappa shape index (κ3) is 3.55. The number of carbonyl (C=O) groups excluding carboxylic acids is 1. The molecule has 1 amide bonds. The Balaban J connectivity index is 2.19. The highest BCUT2D eigenvalue weighted by Crippen LogP contribution is 2.26. The standard InChI is InChI=1S/C16H14Cl2FNO/c1-10-8-11(6-7-14(10)19)16(21)20(2)9-12-4-3-5-13(17)15(12)18/h3-8H,9H2,1-2H3. The highest BCUT2D eigenvalue weighted by molar-refractivity contribution is 6.42. The molecule has 0 fully saturated rings. The van der Waals surface area contributed by atoms with Crippen LogP contribution in [-0.4, -0.2) is 17.9 Å². The van der Waals surface area contributed by atoms with Gasteiger partial charge in [-0.15, -0.1) is 0 Å². The zero-order valence-corrected chi connectivity index (χ0v) is 13.2. The van der Waals surface area contributed by atoms with Gasteiger partial charge < -0.3 is 4.90 Å². The van der Waals surface area contributed by atoms with Crippen LogP contribution < -0.4 is 0 Å². The normalized spacial score (nSPS) is 10.5. The van der Waals surface area contributed by atoms with Crippen LogP contribution in [0.5, 0.6) is 0 Å². The summed E-state index contributed by atoms with van der Waals surface area (Å²) in [6, 6.07) is 9.59. The lowest BCUT2D eigenvalue weighted by Crippen LogP contribution is -2.26. The van der Waals surface area contributed by atoms with Gasteiger partial charge in [0.05, 0.1) is 10.0 Å². The van der Waals surface area contributed by atoms with Crippen molar-refractivity contribution in [3.05, 3.63) is 69.0 Å². The Morgan fingerprint density at radius 2 is 1.95 bits per heavy atom. The highest BCUT2D eigenvalue weighted by Gasteiger charge is 2.15. The molecule has 0 N–H and O–H groups in total. The van der Waals surface area contributed by atoms with Gasteiger partial charge >= 0.3 is 0 Å². The number of nitrogens with zero attached hydrogens (tertiary/aromatic N) is 1. The molecule has 0 saturated heterocycles. The molecule has 0 aliphatic carbocycles. The van der Waals surface area contributed by atoms with Crippen molar-refractivity contribution in [1.29, 1.82) is 0 Å². The summed E-state index contributed by atoms with van der Waals surface area (Å²) in [5, 5.41) is 0.891. The zero-order valence-electron chi connectivity index (χ0n) is 11.7. The summed E-state index contributed by atoms with van der Waals surface area (Å²) >= 11 is 12.1. The Hall–Kier alpha value is -1.58. The van der Waals surface area contributed by atoms with Gasteiger partial charge in [0.15, 0.2) is 0 Å². The molecule has 0 bridgehead atoms. The van der Waals surface area contributed by atoms with Crippen LogP contribution in [0, 0.1) is 12.7 Å². The maximum atomic E-state index is 13.3. The van der Waals surface area contributed by atoms with Crippen molar-refractivity contribution in [3.63, 3.8) is 0 Å². The van der Waals surface area contributed by atoms with Crippen molar-refractivity contribution in [1.82, 2.24) is 4.90 Å². The van der Waals surface area contributed by atoms with E-state index in [1.165, 1.54) is 23.1 Å². The lowest BCUT2D eigenvalue weighted by molar-refractivity contribution is 0.0785. The molecular weight excluding hydrogens is 312 g/mol. The van der Waals surface area contributed by atoms with E-state index >= 15 is 0 Å². The minimum absolute atomic E-state index is 0.200. The third-order valence-corrected chi connectivity index (χ3v) is 4.05.